The van der Waals surface area contributed by atoms with Crippen LogP contribution in [0.3, 0.4) is 0 Å². The zero-order chi connectivity index (χ0) is 20.2. The molecule has 0 aromatic carbocycles. The molecule has 0 saturated carbocycles. The van der Waals surface area contributed by atoms with Gasteiger partial charge in [-0.1, -0.05) is 23.4 Å². The van der Waals surface area contributed by atoms with Crippen LogP contribution in [-0.2, 0) is 5.60 Å². The van der Waals surface area contributed by atoms with E-state index in [0.717, 1.165) is 0 Å². The predicted octanol–water partition coefficient (Wildman–Crippen LogP) is 4.00. The normalized spacial score (nSPS) is 13.2. The minimum atomic E-state index is -1.64. The molecule has 28 heavy (non-hydrogen) atoms. The number of aromatic nitrogens is 4. The largest absolute Gasteiger partial charge is 0.454 e. The fourth-order valence-electron chi connectivity index (χ4n) is 2.26. The zero-order valence-corrected chi connectivity index (χ0v) is 16.5. The van der Waals surface area contributed by atoms with Crippen LogP contribution in [0.1, 0.15) is 32.0 Å². The SMILES string of the molecule is CC(C)(C)C#CC(O)(c1cncnc1)c1ccc(Oc2ccc(Cl)nc2)cn1. The molecule has 3 rings (SSSR count). The Bertz CT molecular complexity index is 991. The minimum Gasteiger partial charge on any atom is -0.454 e. The highest BCUT2D eigenvalue weighted by Gasteiger charge is 2.32. The predicted molar refractivity (Wildman–Crippen MR) is 106 cm³/mol. The van der Waals surface area contributed by atoms with E-state index in [1.54, 1.807) is 24.3 Å². The molecule has 0 amide bonds. The van der Waals surface area contributed by atoms with Crippen molar-refractivity contribution in [2.75, 3.05) is 0 Å². The third kappa shape index (κ3) is 4.83. The van der Waals surface area contributed by atoms with Crippen LogP contribution in [0.25, 0.3) is 0 Å². The van der Waals surface area contributed by atoms with Gasteiger partial charge in [0.2, 0.25) is 0 Å². The molecule has 0 saturated heterocycles. The van der Waals surface area contributed by atoms with E-state index in [0.29, 0.717) is 27.9 Å². The molecule has 3 aromatic rings. The maximum Gasteiger partial charge on any atom is 0.197 e. The van der Waals surface area contributed by atoms with Gasteiger partial charge in [-0.25, -0.2) is 15.0 Å². The van der Waals surface area contributed by atoms with E-state index in [-0.39, 0.29) is 5.41 Å². The third-order valence-corrected chi connectivity index (χ3v) is 3.86. The Hall–Kier alpha value is -3.01. The van der Waals surface area contributed by atoms with Gasteiger partial charge in [-0.3, -0.25) is 4.98 Å². The Morgan fingerprint density at radius 1 is 0.893 bits per heavy atom. The van der Waals surface area contributed by atoms with E-state index in [9.17, 15) is 5.11 Å². The first kappa shape index (κ1) is 19.7. The van der Waals surface area contributed by atoms with Gasteiger partial charge in [0.05, 0.1) is 18.1 Å². The van der Waals surface area contributed by atoms with E-state index in [1.165, 1.54) is 31.1 Å². The summed E-state index contributed by atoms with van der Waals surface area (Å²) in [5.74, 6) is 7.03. The van der Waals surface area contributed by atoms with Crippen molar-refractivity contribution in [2.24, 2.45) is 5.41 Å². The maximum atomic E-state index is 11.3. The van der Waals surface area contributed by atoms with Gasteiger partial charge in [-0.05, 0) is 45.0 Å². The van der Waals surface area contributed by atoms with Crippen molar-refractivity contribution in [3.05, 3.63) is 71.8 Å². The minimum absolute atomic E-state index is 0.297. The molecule has 3 heterocycles. The van der Waals surface area contributed by atoms with Crippen LogP contribution in [0.4, 0.5) is 0 Å². The van der Waals surface area contributed by atoms with Crippen LogP contribution in [-0.4, -0.2) is 25.0 Å². The van der Waals surface area contributed by atoms with Crippen molar-refractivity contribution in [1.29, 1.82) is 0 Å². The molecule has 1 atom stereocenters. The Morgan fingerprint density at radius 3 is 2.07 bits per heavy atom. The smallest absolute Gasteiger partial charge is 0.197 e. The number of rotatable bonds is 4. The summed E-state index contributed by atoms with van der Waals surface area (Å²) in [6.07, 6.45) is 7.47. The number of ether oxygens (including phenoxy) is 1. The van der Waals surface area contributed by atoms with Crippen LogP contribution >= 0.6 is 11.6 Å². The van der Waals surface area contributed by atoms with Gasteiger partial charge in [0.25, 0.3) is 0 Å². The molecule has 0 fully saturated rings. The topological polar surface area (TPSA) is 81.0 Å². The summed E-state index contributed by atoms with van der Waals surface area (Å²) in [6, 6.07) is 6.69. The lowest BCUT2D eigenvalue weighted by atomic mass is 9.89. The first-order valence-electron chi connectivity index (χ1n) is 8.54. The highest BCUT2D eigenvalue weighted by Crippen LogP contribution is 2.29. The van der Waals surface area contributed by atoms with Gasteiger partial charge >= 0.3 is 0 Å². The summed E-state index contributed by atoms with van der Waals surface area (Å²) in [4.78, 5) is 16.3. The first-order chi connectivity index (χ1) is 13.3. The summed E-state index contributed by atoms with van der Waals surface area (Å²) in [5.41, 5.74) is -1.15. The monoisotopic (exact) mass is 394 g/mol. The molecule has 1 unspecified atom stereocenters. The van der Waals surface area contributed by atoms with E-state index in [2.05, 4.69) is 31.8 Å². The van der Waals surface area contributed by atoms with E-state index in [1.807, 2.05) is 20.8 Å². The average molecular weight is 395 g/mol. The number of hydrogen-bond donors (Lipinski definition) is 1. The van der Waals surface area contributed by atoms with Crippen molar-refractivity contribution in [3.8, 4) is 23.3 Å². The Kier molecular flexibility index (Phi) is 5.59. The van der Waals surface area contributed by atoms with Crippen molar-refractivity contribution in [1.82, 2.24) is 19.9 Å². The van der Waals surface area contributed by atoms with Gasteiger partial charge in [0.15, 0.2) is 5.60 Å². The Labute approximate surface area is 168 Å². The second-order valence-electron chi connectivity index (χ2n) is 7.14. The lowest BCUT2D eigenvalue weighted by Gasteiger charge is -2.22. The summed E-state index contributed by atoms with van der Waals surface area (Å²) in [6.45, 7) is 5.89. The molecule has 0 radical (unpaired) electrons. The van der Waals surface area contributed by atoms with E-state index >= 15 is 0 Å². The molecule has 7 heteroatoms. The second kappa shape index (κ2) is 7.93. The molecular formula is C21H19ClN4O2. The van der Waals surface area contributed by atoms with Gasteiger partial charge in [0.1, 0.15) is 23.0 Å². The summed E-state index contributed by atoms with van der Waals surface area (Å²) in [7, 11) is 0. The fraction of sp³-hybridized carbons (Fsp3) is 0.238. The highest BCUT2D eigenvalue weighted by molar-refractivity contribution is 6.29. The fourth-order valence-corrected chi connectivity index (χ4v) is 2.37. The lowest BCUT2D eigenvalue weighted by molar-refractivity contribution is 0.139. The average Bonchev–Trinajstić information content (AvgIpc) is 2.69. The second-order valence-corrected chi connectivity index (χ2v) is 7.52. The molecular weight excluding hydrogens is 376 g/mol. The molecule has 0 aliphatic heterocycles. The van der Waals surface area contributed by atoms with Crippen LogP contribution in [0.2, 0.25) is 5.15 Å². The molecule has 0 aliphatic rings. The highest BCUT2D eigenvalue weighted by atomic mass is 35.5. The Balaban J connectivity index is 1.94. The summed E-state index contributed by atoms with van der Waals surface area (Å²) < 4.78 is 5.69. The summed E-state index contributed by atoms with van der Waals surface area (Å²) in [5, 5.41) is 11.7. The molecule has 0 aliphatic carbocycles. The van der Waals surface area contributed by atoms with Crippen LogP contribution in [0, 0.1) is 17.3 Å². The van der Waals surface area contributed by atoms with Crippen LogP contribution in [0.5, 0.6) is 11.5 Å². The van der Waals surface area contributed by atoms with Gasteiger partial charge < -0.3 is 9.84 Å². The van der Waals surface area contributed by atoms with Crippen LogP contribution in [0.15, 0.2) is 55.4 Å². The van der Waals surface area contributed by atoms with Gasteiger partial charge in [-0.15, -0.1) is 0 Å². The summed E-state index contributed by atoms with van der Waals surface area (Å²) >= 11 is 5.78. The number of pyridine rings is 2. The third-order valence-electron chi connectivity index (χ3n) is 3.64. The Morgan fingerprint density at radius 2 is 1.54 bits per heavy atom. The first-order valence-corrected chi connectivity index (χ1v) is 8.92. The van der Waals surface area contributed by atoms with E-state index < -0.39 is 5.60 Å². The quantitative estimate of drug-likeness (QED) is 0.532. The molecule has 0 spiro atoms. The van der Waals surface area contributed by atoms with Crippen molar-refractivity contribution >= 4 is 11.6 Å². The van der Waals surface area contributed by atoms with E-state index in [4.69, 9.17) is 16.3 Å². The van der Waals surface area contributed by atoms with Gasteiger partial charge in [0, 0.05) is 23.4 Å². The zero-order valence-electron chi connectivity index (χ0n) is 15.7. The molecule has 142 valence electrons. The molecule has 6 nitrogen and oxygen atoms in total. The molecule has 3 aromatic heterocycles. The van der Waals surface area contributed by atoms with Crippen molar-refractivity contribution < 1.29 is 9.84 Å². The standard InChI is InChI=1S/C21H19ClN4O2/c1-20(2,3)8-9-21(27,15-10-23-14-24-11-15)18-6-4-16(12-25-18)28-17-5-7-19(22)26-13-17/h4-7,10-14,27H,1-3H3. The van der Waals surface area contributed by atoms with Crippen molar-refractivity contribution in [2.45, 2.75) is 26.4 Å². The molecule has 0 bridgehead atoms. The number of halogens is 1. The number of hydrogen-bond acceptors (Lipinski definition) is 6. The lowest BCUT2D eigenvalue weighted by Crippen LogP contribution is -2.27. The number of aliphatic hydroxyl groups is 1. The molecule has 1 N–H and O–H groups in total. The van der Waals surface area contributed by atoms with Crippen LogP contribution < -0.4 is 4.74 Å². The van der Waals surface area contributed by atoms with Gasteiger partial charge in [-0.2, -0.15) is 0 Å². The number of nitrogens with zero attached hydrogens (tertiary/aromatic N) is 4. The van der Waals surface area contributed by atoms with Crippen molar-refractivity contribution in [3.63, 3.8) is 0 Å². The maximum absolute atomic E-state index is 11.3.